The van der Waals surface area contributed by atoms with E-state index >= 15 is 0 Å². The normalized spacial score (nSPS) is 13.6. The van der Waals surface area contributed by atoms with Crippen molar-refractivity contribution in [2.75, 3.05) is 0 Å². The van der Waals surface area contributed by atoms with Crippen molar-refractivity contribution in [1.29, 1.82) is 0 Å². The molecule has 0 bridgehead atoms. The summed E-state index contributed by atoms with van der Waals surface area (Å²) in [7, 11) is -2.57. The van der Waals surface area contributed by atoms with Gasteiger partial charge in [0.1, 0.15) is 0 Å². The Labute approximate surface area is 359 Å². The Bertz CT molecular complexity index is 1680. The molecule has 288 valence electrons. The van der Waals surface area contributed by atoms with Gasteiger partial charge in [-0.15, -0.1) is 42.4 Å². The van der Waals surface area contributed by atoms with E-state index in [0.717, 1.165) is 36.8 Å². The number of fused-ring (bicyclic) bond motifs is 3. The van der Waals surface area contributed by atoms with Crippen LogP contribution < -0.4 is 0 Å². The van der Waals surface area contributed by atoms with Crippen molar-refractivity contribution in [2.24, 2.45) is 0 Å². The zero-order valence-corrected chi connectivity index (χ0v) is 41.0. The molecule has 2 unspecified atom stereocenters. The summed E-state index contributed by atoms with van der Waals surface area (Å²) in [6, 6.07) is 33.0. The summed E-state index contributed by atoms with van der Waals surface area (Å²) in [4.78, 5) is 0. The van der Waals surface area contributed by atoms with Gasteiger partial charge in [0, 0.05) is 8.07 Å². The molecule has 6 rings (SSSR count). The Morgan fingerprint density at radius 2 is 1.20 bits per heavy atom. The van der Waals surface area contributed by atoms with Crippen LogP contribution >= 0.6 is 24.8 Å². The molecular formula is C49H66Cl2Si2Zr. The summed E-state index contributed by atoms with van der Waals surface area (Å²) in [6.07, 6.45) is 18.5. The molecule has 2 atom stereocenters. The predicted molar refractivity (Wildman–Crippen MR) is 246 cm³/mol. The van der Waals surface area contributed by atoms with Crippen LogP contribution in [0.25, 0.3) is 11.1 Å². The average Bonchev–Trinajstić information content (AvgIpc) is 3.78. The van der Waals surface area contributed by atoms with Crippen LogP contribution in [0, 0.1) is 26.0 Å². The Balaban J connectivity index is 0.000000364. The summed E-state index contributed by atoms with van der Waals surface area (Å²) < 4.78 is 1.60. The van der Waals surface area contributed by atoms with Gasteiger partial charge in [0.05, 0.1) is 8.07 Å². The second kappa shape index (κ2) is 22.8. The molecule has 2 aliphatic rings. The first-order valence-corrected chi connectivity index (χ1v) is 28.2. The topological polar surface area (TPSA) is 0 Å². The molecule has 0 fully saturated rings. The molecule has 0 spiro atoms. The molecule has 0 saturated heterocycles. The Morgan fingerprint density at radius 1 is 0.704 bits per heavy atom. The molecule has 0 radical (unpaired) electrons. The predicted octanol–water partition coefficient (Wildman–Crippen LogP) is 14.5. The van der Waals surface area contributed by atoms with Crippen LogP contribution in [0.2, 0.25) is 39.3 Å². The number of hydrogen-bond donors (Lipinski definition) is 0. The van der Waals surface area contributed by atoms with Gasteiger partial charge in [-0.25, -0.2) is 12.2 Å². The first kappa shape index (κ1) is 48.3. The second-order valence-electron chi connectivity index (χ2n) is 17.1. The number of benzene rings is 4. The van der Waals surface area contributed by atoms with E-state index in [0.29, 0.717) is 0 Å². The summed E-state index contributed by atoms with van der Waals surface area (Å²) in [6.45, 7) is 24.6. The van der Waals surface area contributed by atoms with Crippen molar-refractivity contribution in [3.8, 4) is 11.1 Å². The van der Waals surface area contributed by atoms with Crippen molar-refractivity contribution in [3.05, 3.63) is 154 Å². The fourth-order valence-electron chi connectivity index (χ4n) is 7.98. The van der Waals surface area contributed by atoms with Crippen LogP contribution in [-0.2, 0) is 43.5 Å². The number of aryl methyl sites for hydroxylation is 2. The van der Waals surface area contributed by atoms with Crippen LogP contribution in [-0.4, -0.2) is 19.4 Å². The van der Waals surface area contributed by atoms with Crippen molar-refractivity contribution in [2.45, 2.75) is 129 Å². The van der Waals surface area contributed by atoms with Gasteiger partial charge in [-0.3, -0.25) is 6.08 Å². The minimum absolute atomic E-state index is 0. The molecule has 4 aromatic rings. The zero-order valence-electron chi connectivity index (χ0n) is 34.9. The van der Waals surface area contributed by atoms with E-state index in [9.17, 15) is 0 Å². The van der Waals surface area contributed by atoms with E-state index in [1.165, 1.54) is 70.2 Å². The van der Waals surface area contributed by atoms with E-state index in [4.69, 9.17) is 0 Å². The number of hydrogen-bond acceptors (Lipinski definition) is 0. The molecule has 5 heteroatoms. The number of allylic oxidation sites excluding steroid dienone is 4. The van der Waals surface area contributed by atoms with Gasteiger partial charge in [-0.2, -0.15) is 29.3 Å². The van der Waals surface area contributed by atoms with Crippen LogP contribution in [0.3, 0.4) is 0 Å². The maximum absolute atomic E-state index is 3.87. The fraction of sp³-hybridized carbons (Fsp3) is 0.408. The zero-order chi connectivity index (χ0) is 37.9. The average molecular weight is 873 g/mol. The quantitative estimate of drug-likeness (QED) is 0.0865. The monoisotopic (exact) mass is 870 g/mol. The number of rotatable bonds is 12. The summed E-state index contributed by atoms with van der Waals surface area (Å²) in [5.41, 5.74) is 16.4. The van der Waals surface area contributed by atoms with Gasteiger partial charge in [-0.05, 0) is 42.0 Å². The third-order valence-corrected chi connectivity index (χ3v) is 16.9. The first-order chi connectivity index (χ1) is 24.7. The number of halogens is 2. The van der Waals surface area contributed by atoms with E-state index in [-0.39, 0.29) is 24.8 Å². The second-order valence-corrected chi connectivity index (χ2v) is 29.7. The van der Waals surface area contributed by atoms with E-state index < -0.39 is 16.1 Å². The van der Waals surface area contributed by atoms with Crippen molar-refractivity contribution >= 4 is 44.2 Å². The van der Waals surface area contributed by atoms with Crippen molar-refractivity contribution in [1.82, 2.24) is 0 Å². The molecule has 0 N–H and O–H groups in total. The molecule has 0 aliphatic heterocycles. The van der Waals surface area contributed by atoms with Crippen molar-refractivity contribution < 1.29 is 24.2 Å². The van der Waals surface area contributed by atoms with Gasteiger partial charge in [0.15, 0.2) is 0 Å². The Hall–Kier alpha value is -1.87. The third-order valence-electron chi connectivity index (χ3n) is 10.6. The molecule has 0 heterocycles. The summed E-state index contributed by atoms with van der Waals surface area (Å²) >= 11 is 1.55. The molecule has 4 aromatic carbocycles. The molecule has 0 amide bonds. The van der Waals surface area contributed by atoms with E-state index in [1.54, 1.807) is 38.6 Å². The van der Waals surface area contributed by atoms with E-state index in [2.05, 4.69) is 164 Å². The standard InChI is InChI=1S/C29H45Si2.C15H14.C5H5.2ClH.Zr/c1-11-13-28(30(5,6)7)24-18-26-22(15-20(24)3)17-23-16-21(4)25(19-27(23)26)29(14-12-2)31(8,9)10;1-3-8-14(9-4-1)12-7-13-15-10-5-2-6-11-15;1-2-4-5-3-1;;;/h15,18-19,28-29H,11-14,17H2,1-10H3;1-6,8-11H,12-13H2;1-3H,4H2;2*1H;/q-1;;-1;;;+2. The Kier molecular flexibility index (Phi) is 20.3. The SMILES string of the molecule is CCCC(c1cc2c([c-]c1C)Cc1cc(C)c(C(CCC)[Si](C)(C)C)cc1-2)[Si](C)(C)C.Cl.Cl.[C-]1=CC=CC1.[Zr+2]=[C](Cc1ccccc1)Cc1ccccc1. The molecule has 2 aliphatic carbocycles. The fourth-order valence-corrected chi connectivity index (χ4v) is 13.8. The van der Waals surface area contributed by atoms with Crippen LogP contribution in [0.5, 0.6) is 0 Å². The van der Waals surface area contributed by atoms with Gasteiger partial charge in [0.25, 0.3) is 0 Å². The molecule has 54 heavy (non-hydrogen) atoms. The maximum atomic E-state index is 3.87. The van der Waals surface area contributed by atoms with Gasteiger partial charge in [-0.1, -0.05) is 103 Å². The Morgan fingerprint density at radius 3 is 1.63 bits per heavy atom. The molecule has 0 saturated carbocycles. The van der Waals surface area contributed by atoms with E-state index in [1.807, 2.05) is 12.2 Å². The molecule has 0 aromatic heterocycles. The van der Waals surface area contributed by atoms with Gasteiger partial charge in [0.2, 0.25) is 0 Å². The summed E-state index contributed by atoms with van der Waals surface area (Å²) in [5, 5.41) is 0. The first-order valence-electron chi connectivity index (χ1n) is 19.8. The molecular weight excluding hydrogens is 807 g/mol. The van der Waals surface area contributed by atoms with Crippen LogP contribution in [0.1, 0.15) is 102 Å². The minimum atomic E-state index is -1.29. The van der Waals surface area contributed by atoms with Gasteiger partial charge >= 0.3 is 112 Å². The summed E-state index contributed by atoms with van der Waals surface area (Å²) in [5.74, 6) is 0. The van der Waals surface area contributed by atoms with Crippen molar-refractivity contribution in [3.63, 3.8) is 0 Å². The molecule has 0 nitrogen and oxygen atoms in total. The van der Waals surface area contributed by atoms with Crippen LogP contribution in [0.4, 0.5) is 0 Å². The van der Waals surface area contributed by atoms with Crippen LogP contribution in [0.15, 0.2) is 97.1 Å². The van der Waals surface area contributed by atoms with Gasteiger partial charge < -0.3 is 0 Å². The third kappa shape index (κ3) is 13.9.